The van der Waals surface area contributed by atoms with E-state index in [0.717, 1.165) is 12.2 Å². The first-order valence-electron chi connectivity index (χ1n) is 5.39. The standard InChI is InChI=1S/C12H18N2O2S.ClH/c1-16-11-6-5-9(8-10(11)13)14-12(15)4-3-7-17-2;/h5-6,8H,3-4,7,13H2,1-2H3,(H,14,15);1H. The lowest BCUT2D eigenvalue weighted by Gasteiger charge is -2.08. The van der Waals surface area contributed by atoms with Gasteiger partial charge in [-0.05, 0) is 36.6 Å². The number of benzene rings is 1. The van der Waals surface area contributed by atoms with Crippen LogP contribution in [0.2, 0.25) is 0 Å². The second-order valence-corrected chi connectivity index (χ2v) is 4.59. The molecule has 18 heavy (non-hydrogen) atoms. The van der Waals surface area contributed by atoms with E-state index in [2.05, 4.69) is 5.32 Å². The summed E-state index contributed by atoms with van der Waals surface area (Å²) in [7, 11) is 1.56. The molecular weight excluding hydrogens is 272 g/mol. The maximum atomic E-state index is 11.6. The van der Waals surface area contributed by atoms with Gasteiger partial charge in [-0.1, -0.05) is 0 Å². The lowest BCUT2D eigenvalue weighted by molar-refractivity contribution is -0.116. The number of amides is 1. The minimum atomic E-state index is 0. The molecular formula is C12H19ClN2O2S. The van der Waals surface area contributed by atoms with E-state index in [-0.39, 0.29) is 18.3 Å². The molecule has 0 unspecified atom stereocenters. The molecule has 0 atom stereocenters. The van der Waals surface area contributed by atoms with Crippen LogP contribution in [0, 0.1) is 0 Å². The van der Waals surface area contributed by atoms with E-state index in [1.165, 1.54) is 0 Å². The monoisotopic (exact) mass is 290 g/mol. The van der Waals surface area contributed by atoms with Crippen LogP contribution >= 0.6 is 24.2 Å². The number of nitrogens with two attached hydrogens (primary N) is 1. The summed E-state index contributed by atoms with van der Waals surface area (Å²) in [5.41, 5.74) is 6.98. The fourth-order valence-corrected chi connectivity index (χ4v) is 1.85. The van der Waals surface area contributed by atoms with E-state index < -0.39 is 0 Å². The zero-order chi connectivity index (χ0) is 12.7. The van der Waals surface area contributed by atoms with Crippen LogP contribution in [0.15, 0.2) is 18.2 Å². The highest BCUT2D eigenvalue weighted by Gasteiger charge is 2.04. The molecule has 0 aliphatic rings. The van der Waals surface area contributed by atoms with Crippen molar-refractivity contribution in [3.8, 4) is 5.75 Å². The van der Waals surface area contributed by atoms with Gasteiger partial charge in [-0.25, -0.2) is 0 Å². The van der Waals surface area contributed by atoms with Crippen LogP contribution in [0.1, 0.15) is 12.8 Å². The Morgan fingerprint density at radius 2 is 2.22 bits per heavy atom. The van der Waals surface area contributed by atoms with Crippen molar-refractivity contribution in [1.82, 2.24) is 0 Å². The SMILES string of the molecule is COc1ccc(NC(=O)CCCSC)cc1N.Cl. The zero-order valence-electron chi connectivity index (χ0n) is 10.6. The number of nitrogens with one attached hydrogen (secondary N) is 1. The van der Waals surface area contributed by atoms with Gasteiger partial charge in [0.15, 0.2) is 0 Å². The van der Waals surface area contributed by atoms with Crippen molar-refractivity contribution >= 4 is 41.5 Å². The molecule has 0 heterocycles. The van der Waals surface area contributed by atoms with Gasteiger partial charge >= 0.3 is 0 Å². The molecule has 6 heteroatoms. The quantitative estimate of drug-likeness (QED) is 0.625. The van der Waals surface area contributed by atoms with Crippen LogP contribution in [0.5, 0.6) is 5.75 Å². The van der Waals surface area contributed by atoms with Crippen molar-refractivity contribution in [3.63, 3.8) is 0 Å². The Hall–Kier alpha value is -1.07. The van der Waals surface area contributed by atoms with Gasteiger partial charge in [0.05, 0.1) is 12.8 Å². The predicted molar refractivity (Wildman–Crippen MR) is 80.9 cm³/mol. The molecule has 1 aromatic rings. The summed E-state index contributed by atoms with van der Waals surface area (Å²) >= 11 is 1.74. The van der Waals surface area contributed by atoms with Crippen LogP contribution in [-0.2, 0) is 4.79 Å². The molecule has 0 spiro atoms. The molecule has 1 aromatic carbocycles. The van der Waals surface area contributed by atoms with E-state index in [1.54, 1.807) is 37.1 Å². The van der Waals surface area contributed by atoms with Gasteiger partial charge < -0.3 is 15.8 Å². The summed E-state index contributed by atoms with van der Waals surface area (Å²) in [6.45, 7) is 0. The third-order valence-electron chi connectivity index (χ3n) is 2.27. The van der Waals surface area contributed by atoms with Crippen molar-refractivity contribution in [1.29, 1.82) is 0 Å². The molecule has 102 valence electrons. The van der Waals surface area contributed by atoms with Gasteiger partial charge in [0, 0.05) is 12.1 Å². The average molecular weight is 291 g/mol. The van der Waals surface area contributed by atoms with Crippen LogP contribution in [0.25, 0.3) is 0 Å². The lowest BCUT2D eigenvalue weighted by Crippen LogP contribution is -2.11. The molecule has 1 rings (SSSR count). The molecule has 1 amide bonds. The van der Waals surface area contributed by atoms with E-state index in [0.29, 0.717) is 23.5 Å². The third kappa shape index (κ3) is 5.51. The molecule has 4 nitrogen and oxygen atoms in total. The summed E-state index contributed by atoms with van der Waals surface area (Å²) in [5.74, 6) is 1.63. The number of carbonyl (C=O) groups excluding carboxylic acids is 1. The van der Waals surface area contributed by atoms with Crippen LogP contribution < -0.4 is 15.8 Å². The Labute approximate surface area is 118 Å². The second kappa shape index (κ2) is 8.94. The van der Waals surface area contributed by atoms with Gasteiger partial charge in [-0.3, -0.25) is 4.79 Å². The number of nitrogen functional groups attached to an aromatic ring is 1. The Morgan fingerprint density at radius 3 is 2.78 bits per heavy atom. The number of methoxy groups -OCH3 is 1. The van der Waals surface area contributed by atoms with Crippen molar-refractivity contribution < 1.29 is 9.53 Å². The highest BCUT2D eigenvalue weighted by Crippen LogP contribution is 2.24. The van der Waals surface area contributed by atoms with E-state index in [1.807, 2.05) is 6.26 Å². The molecule has 0 bridgehead atoms. The first-order chi connectivity index (χ1) is 8.17. The van der Waals surface area contributed by atoms with Crippen LogP contribution in [-0.4, -0.2) is 25.0 Å². The minimum absolute atomic E-state index is 0. The number of anilines is 2. The molecule has 0 aliphatic heterocycles. The smallest absolute Gasteiger partial charge is 0.224 e. The average Bonchev–Trinajstić information content (AvgIpc) is 2.29. The first-order valence-corrected chi connectivity index (χ1v) is 6.79. The molecule has 0 fully saturated rings. The Bertz CT molecular complexity index is 388. The summed E-state index contributed by atoms with van der Waals surface area (Å²) in [6, 6.07) is 5.22. The van der Waals surface area contributed by atoms with Gasteiger partial charge in [-0.15, -0.1) is 12.4 Å². The normalized spacial score (nSPS) is 9.44. The van der Waals surface area contributed by atoms with Crippen LogP contribution in [0.4, 0.5) is 11.4 Å². The maximum absolute atomic E-state index is 11.6. The summed E-state index contributed by atoms with van der Waals surface area (Å²) < 4.78 is 5.04. The highest BCUT2D eigenvalue weighted by molar-refractivity contribution is 7.98. The first kappa shape index (κ1) is 16.9. The van der Waals surface area contributed by atoms with Gasteiger partial charge in [0.1, 0.15) is 5.75 Å². The summed E-state index contributed by atoms with van der Waals surface area (Å²) in [6.07, 6.45) is 3.45. The van der Waals surface area contributed by atoms with Crippen LogP contribution in [0.3, 0.4) is 0 Å². The van der Waals surface area contributed by atoms with Crippen molar-refractivity contribution in [2.45, 2.75) is 12.8 Å². The number of ether oxygens (including phenoxy) is 1. The zero-order valence-corrected chi connectivity index (χ0v) is 12.2. The predicted octanol–water partition coefficient (Wildman–Crippen LogP) is 2.78. The molecule has 0 saturated heterocycles. The number of hydrogen-bond acceptors (Lipinski definition) is 4. The van der Waals surface area contributed by atoms with Gasteiger partial charge in [0.25, 0.3) is 0 Å². The summed E-state index contributed by atoms with van der Waals surface area (Å²) in [5, 5.41) is 2.81. The lowest BCUT2D eigenvalue weighted by atomic mass is 10.2. The van der Waals surface area contributed by atoms with Crippen molar-refractivity contribution in [2.75, 3.05) is 30.2 Å². The maximum Gasteiger partial charge on any atom is 0.224 e. The molecule has 0 saturated carbocycles. The highest BCUT2D eigenvalue weighted by atomic mass is 35.5. The number of rotatable bonds is 6. The fourth-order valence-electron chi connectivity index (χ4n) is 1.41. The fraction of sp³-hybridized carbons (Fsp3) is 0.417. The molecule has 0 radical (unpaired) electrons. The minimum Gasteiger partial charge on any atom is -0.495 e. The largest absolute Gasteiger partial charge is 0.495 e. The number of carbonyl (C=O) groups is 1. The number of halogens is 1. The van der Waals surface area contributed by atoms with E-state index in [9.17, 15) is 4.79 Å². The third-order valence-corrected chi connectivity index (χ3v) is 2.96. The Kier molecular flexibility index (Phi) is 8.41. The molecule has 0 aliphatic carbocycles. The van der Waals surface area contributed by atoms with Crippen molar-refractivity contribution in [3.05, 3.63) is 18.2 Å². The number of hydrogen-bond donors (Lipinski definition) is 2. The van der Waals surface area contributed by atoms with Gasteiger partial charge in [0.2, 0.25) is 5.91 Å². The molecule has 3 N–H and O–H groups in total. The molecule has 0 aromatic heterocycles. The number of thioether (sulfide) groups is 1. The topological polar surface area (TPSA) is 64.3 Å². The second-order valence-electron chi connectivity index (χ2n) is 3.60. The Morgan fingerprint density at radius 1 is 1.50 bits per heavy atom. The Balaban J connectivity index is 0.00000289. The van der Waals surface area contributed by atoms with Gasteiger partial charge in [-0.2, -0.15) is 11.8 Å². The summed E-state index contributed by atoms with van der Waals surface area (Å²) in [4.78, 5) is 11.6. The van der Waals surface area contributed by atoms with E-state index >= 15 is 0 Å². The van der Waals surface area contributed by atoms with Crippen molar-refractivity contribution in [2.24, 2.45) is 0 Å². The van der Waals surface area contributed by atoms with E-state index in [4.69, 9.17) is 10.5 Å².